The fourth-order valence-electron chi connectivity index (χ4n) is 1.75. The third kappa shape index (κ3) is 3.53. The minimum Gasteiger partial charge on any atom is -0.504 e. The quantitative estimate of drug-likeness (QED) is 0.480. The molecule has 0 amide bonds. The van der Waals surface area contributed by atoms with Crippen molar-refractivity contribution in [3.05, 3.63) is 56.5 Å². The van der Waals surface area contributed by atoms with Gasteiger partial charge in [0.15, 0.2) is 11.5 Å². The Kier molecular flexibility index (Phi) is 4.95. The lowest BCUT2D eigenvalue weighted by atomic mass is 10.2. The van der Waals surface area contributed by atoms with Crippen molar-refractivity contribution < 1.29 is 14.8 Å². The lowest BCUT2D eigenvalue weighted by Crippen LogP contribution is -1.97. The van der Waals surface area contributed by atoms with Crippen LogP contribution in [-0.2, 0) is 0 Å². The number of anilines is 1. The number of nitrogens with zero attached hydrogens (tertiary/aromatic N) is 2. The van der Waals surface area contributed by atoms with Crippen LogP contribution < -0.4 is 10.2 Å². The normalized spacial score (nSPS) is 10.6. The third-order valence-electron chi connectivity index (χ3n) is 2.78. The molecule has 0 aliphatic rings. The second-order valence-electron chi connectivity index (χ2n) is 4.19. The first-order chi connectivity index (χ1) is 10.5. The Morgan fingerprint density at radius 2 is 2.14 bits per heavy atom. The van der Waals surface area contributed by atoms with Gasteiger partial charge < -0.3 is 9.84 Å². The predicted octanol–water partition coefficient (Wildman–Crippen LogP) is 3.52. The Balaban J connectivity index is 2.24. The first kappa shape index (κ1) is 15.8. The van der Waals surface area contributed by atoms with Crippen LogP contribution in [0.2, 0.25) is 0 Å². The van der Waals surface area contributed by atoms with E-state index in [0.29, 0.717) is 15.8 Å². The number of methoxy groups -OCH3 is 1. The van der Waals surface area contributed by atoms with Crippen LogP contribution in [0.1, 0.15) is 5.56 Å². The molecule has 0 heterocycles. The van der Waals surface area contributed by atoms with Crippen molar-refractivity contribution in [2.75, 3.05) is 12.5 Å². The molecule has 0 aromatic heterocycles. The molecule has 0 radical (unpaired) electrons. The molecule has 0 atom stereocenters. The molecule has 22 heavy (non-hydrogen) atoms. The second kappa shape index (κ2) is 6.90. The van der Waals surface area contributed by atoms with Gasteiger partial charge in [0.2, 0.25) is 0 Å². The zero-order chi connectivity index (χ0) is 16.1. The zero-order valence-electron chi connectivity index (χ0n) is 11.5. The van der Waals surface area contributed by atoms with Crippen LogP contribution in [0.4, 0.5) is 11.4 Å². The first-order valence-electron chi connectivity index (χ1n) is 6.12. The molecule has 8 heteroatoms. The molecular formula is C14H12BrN3O4. The van der Waals surface area contributed by atoms with E-state index in [0.717, 1.165) is 0 Å². The summed E-state index contributed by atoms with van der Waals surface area (Å²) in [6, 6.07) is 9.39. The molecule has 0 aliphatic carbocycles. The second-order valence-corrected chi connectivity index (χ2v) is 5.11. The first-order valence-corrected chi connectivity index (χ1v) is 6.91. The number of nitro groups is 1. The van der Waals surface area contributed by atoms with Crippen molar-refractivity contribution >= 4 is 33.5 Å². The Hall–Kier alpha value is -2.61. The maximum absolute atomic E-state index is 10.9. The lowest BCUT2D eigenvalue weighted by molar-refractivity contribution is -0.384. The van der Waals surface area contributed by atoms with Crippen LogP contribution >= 0.6 is 15.9 Å². The average molecular weight is 366 g/mol. The fraction of sp³-hybridized carbons (Fsp3) is 0.0714. The van der Waals surface area contributed by atoms with E-state index in [4.69, 9.17) is 4.74 Å². The molecule has 0 bridgehead atoms. The highest BCUT2D eigenvalue weighted by Gasteiger charge is 2.11. The van der Waals surface area contributed by atoms with Gasteiger partial charge >= 0.3 is 0 Å². The number of para-hydroxylation sites is 2. The third-order valence-corrected chi connectivity index (χ3v) is 3.24. The Morgan fingerprint density at radius 1 is 1.41 bits per heavy atom. The number of phenols is 1. The SMILES string of the molecule is COc1cc(Br)cc(C=NNc2ccccc2[N+](=O)[O-])c1O. The molecule has 114 valence electrons. The molecule has 2 aromatic rings. The number of hydrogen-bond acceptors (Lipinski definition) is 6. The minimum absolute atomic E-state index is 0.0705. The highest BCUT2D eigenvalue weighted by atomic mass is 79.9. The van der Waals surface area contributed by atoms with Gasteiger partial charge in [-0.1, -0.05) is 28.1 Å². The molecule has 2 aromatic carbocycles. The number of ether oxygens (including phenoxy) is 1. The van der Waals surface area contributed by atoms with Gasteiger partial charge in [0.25, 0.3) is 5.69 Å². The number of halogens is 1. The smallest absolute Gasteiger partial charge is 0.294 e. The van der Waals surface area contributed by atoms with Gasteiger partial charge in [0, 0.05) is 16.1 Å². The van der Waals surface area contributed by atoms with Gasteiger partial charge in [-0.05, 0) is 18.2 Å². The number of phenolic OH excluding ortho intramolecular Hbond substituents is 1. The van der Waals surface area contributed by atoms with Gasteiger partial charge in [-0.15, -0.1) is 0 Å². The van der Waals surface area contributed by atoms with E-state index in [1.54, 1.807) is 24.3 Å². The zero-order valence-corrected chi connectivity index (χ0v) is 13.1. The minimum atomic E-state index is -0.503. The summed E-state index contributed by atoms with van der Waals surface area (Å²) in [5.74, 6) is 0.223. The highest BCUT2D eigenvalue weighted by molar-refractivity contribution is 9.10. The summed E-state index contributed by atoms with van der Waals surface area (Å²) in [4.78, 5) is 10.4. The van der Waals surface area contributed by atoms with Crippen molar-refractivity contribution in [3.63, 3.8) is 0 Å². The molecule has 7 nitrogen and oxygen atoms in total. The van der Waals surface area contributed by atoms with Crippen LogP contribution in [0, 0.1) is 10.1 Å². The van der Waals surface area contributed by atoms with Crippen LogP contribution in [0.15, 0.2) is 46.0 Å². The monoisotopic (exact) mass is 365 g/mol. The van der Waals surface area contributed by atoms with Crippen molar-refractivity contribution in [1.82, 2.24) is 0 Å². The maximum atomic E-state index is 10.9. The molecule has 0 unspecified atom stereocenters. The van der Waals surface area contributed by atoms with E-state index in [2.05, 4.69) is 26.5 Å². The molecule has 2 N–H and O–H groups in total. The highest BCUT2D eigenvalue weighted by Crippen LogP contribution is 2.32. The van der Waals surface area contributed by atoms with Crippen LogP contribution in [0.25, 0.3) is 0 Å². The van der Waals surface area contributed by atoms with Gasteiger partial charge in [-0.2, -0.15) is 5.10 Å². The maximum Gasteiger partial charge on any atom is 0.294 e. The summed E-state index contributed by atoms with van der Waals surface area (Å²) < 4.78 is 5.73. The molecule has 0 saturated heterocycles. The molecular weight excluding hydrogens is 354 g/mol. The van der Waals surface area contributed by atoms with Crippen LogP contribution in [0.3, 0.4) is 0 Å². The summed E-state index contributed by atoms with van der Waals surface area (Å²) >= 11 is 3.29. The Labute approximate surface area is 134 Å². The number of nitro benzene ring substituents is 1. The van der Waals surface area contributed by atoms with E-state index in [-0.39, 0.29) is 17.1 Å². The van der Waals surface area contributed by atoms with E-state index >= 15 is 0 Å². The van der Waals surface area contributed by atoms with E-state index in [9.17, 15) is 15.2 Å². The Bertz CT molecular complexity index is 734. The van der Waals surface area contributed by atoms with E-state index in [1.807, 2.05) is 0 Å². The molecule has 0 spiro atoms. The fourth-order valence-corrected chi connectivity index (χ4v) is 2.20. The van der Waals surface area contributed by atoms with Crippen molar-refractivity contribution in [3.8, 4) is 11.5 Å². The molecule has 2 rings (SSSR count). The number of hydrazone groups is 1. The molecule has 0 aliphatic heterocycles. The number of nitrogens with one attached hydrogen (secondary N) is 1. The number of rotatable bonds is 5. The largest absolute Gasteiger partial charge is 0.504 e. The van der Waals surface area contributed by atoms with Gasteiger partial charge in [0.05, 0.1) is 18.2 Å². The van der Waals surface area contributed by atoms with Crippen molar-refractivity contribution in [1.29, 1.82) is 0 Å². The van der Waals surface area contributed by atoms with Gasteiger partial charge in [0.1, 0.15) is 5.69 Å². The van der Waals surface area contributed by atoms with Crippen LogP contribution in [-0.4, -0.2) is 23.4 Å². The summed E-state index contributed by atoms with van der Waals surface area (Å²) in [6.45, 7) is 0. The van der Waals surface area contributed by atoms with Crippen molar-refractivity contribution in [2.24, 2.45) is 5.10 Å². The number of hydrogen-bond donors (Lipinski definition) is 2. The topological polar surface area (TPSA) is 97.0 Å². The van der Waals surface area contributed by atoms with E-state index < -0.39 is 4.92 Å². The standard InChI is InChI=1S/C14H12BrN3O4/c1-22-13-7-10(15)6-9(14(13)19)8-16-17-11-4-2-3-5-12(11)18(20)21/h2-8,17,19H,1H3. The molecule has 0 saturated carbocycles. The van der Waals surface area contributed by atoms with Crippen molar-refractivity contribution in [2.45, 2.75) is 0 Å². The lowest BCUT2D eigenvalue weighted by Gasteiger charge is -2.07. The predicted molar refractivity (Wildman–Crippen MR) is 86.7 cm³/mol. The number of benzene rings is 2. The summed E-state index contributed by atoms with van der Waals surface area (Å²) in [5, 5.41) is 24.8. The summed E-state index contributed by atoms with van der Waals surface area (Å²) in [7, 11) is 1.44. The van der Waals surface area contributed by atoms with Gasteiger partial charge in [-0.3, -0.25) is 15.5 Å². The average Bonchev–Trinajstić information content (AvgIpc) is 2.50. The molecule has 0 fully saturated rings. The summed E-state index contributed by atoms with van der Waals surface area (Å²) in [5.41, 5.74) is 3.16. The van der Waals surface area contributed by atoms with Gasteiger partial charge in [-0.25, -0.2) is 0 Å². The number of aromatic hydroxyl groups is 1. The summed E-state index contributed by atoms with van der Waals surface area (Å²) in [6.07, 6.45) is 1.35. The van der Waals surface area contributed by atoms with Crippen LogP contribution in [0.5, 0.6) is 11.5 Å². The van der Waals surface area contributed by atoms with E-state index in [1.165, 1.54) is 25.5 Å². The Morgan fingerprint density at radius 3 is 2.82 bits per heavy atom.